The van der Waals surface area contributed by atoms with E-state index in [-0.39, 0.29) is 16.5 Å². The largest absolute Gasteiger partial charge is 0.337 e. The maximum Gasteiger partial charge on any atom is 0.261 e. The summed E-state index contributed by atoms with van der Waals surface area (Å²) < 4.78 is 27.9. The quantitative estimate of drug-likeness (QED) is 0.606. The first-order chi connectivity index (χ1) is 13.3. The third-order valence-electron chi connectivity index (χ3n) is 4.21. The summed E-state index contributed by atoms with van der Waals surface area (Å²) in [7, 11) is -2.18. The van der Waals surface area contributed by atoms with Crippen LogP contribution < -0.4 is 4.72 Å². The van der Waals surface area contributed by atoms with E-state index in [1.54, 1.807) is 59.7 Å². The molecular formula is C20H19ClN2O3S2. The van der Waals surface area contributed by atoms with Crippen molar-refractivity contribution in [3.8, 4) is 0 Å². The zero-order chi connectivity index (χ0) is 20.3. The fourth-order valence-corrected chi connectivity index (χ4v) is 4.94. The Hall–Kier alpha value is -2.35. The molecular weight excluding hydrogens is 416 g/mol. The number of carbonyl (C=O) groups is 1. The third-order valence-corrected chi connectivity index (χ3v) is 6.91. The minimum Gasteiger partial charge on any atom is -0.337 e. The second-order valence-corrected chi connectivity index (χ2v) is 9.39. The molecule has 0 unspecified atom stereocenters. The number of hydrogen-bond acceptors (Lipinski definition) is 4. The molecule has 3 aromatic rings. The van der Waals surface area contributed by atoms with Crippen LogP contribution in [0.4, 0.5) is 5.69 Å². The Kier molecular flexibility index (Phi) is 6.07. The molecule has 0 saturated carbocycles. The van der Waals surface area contributed by atoms with Crippen LogP contribution >= 0.6 is 22.9 Å². The molecule has 28 heavy (non-hydrogen) atoms. The van der Waals surface area contributed by atoms with E-state index in [2.05, 4.69) is 4.72 Å². The lowest BCUT2D eigenvalue weighted by Gasteiger charge is -2.17. The number of para-hydroxylation sites is 1. The lowest BCUT2D eigenvalue weighted by Crippen LogP contribution is -2.26. The normalized spacial score (nSPS) is 11.2. The molecule has 1 N–H and O–H groups in total. The van der Waals surface area contributed by atoms with Crippen molar-refractivity contribution in [2.75, 3.05) is 11.8 Å². The molecule has 0 atom stereocenters. The summed E-state index contributed by atoms with van der Waals surface area (Å²) in [5.41, 5.74) is 1.72. The van der Waals surface area contributed by atoms with Gasteiger partial charge in [-0.15, -0.1) is 11.3 Å². The molecule has 1 aromatic heterocycles. The Morgan fingerprint density at radius 2 is 1.89 bits per heavy atom. The number of carbonyl (C=O) groups excluding carboxylic acids is 1. The molecule has 0 fully saturated rings. The van der Waals surface area contributed by atoms with Crippen molar-refractivity contribution in [3.63, 3.8) is 0 Å². The van der Waals surface area contributed by atoms with Crippen molar-refractivity contribution in [2.45, 2.75) is 18.4 Å². The highest BCUT2D eigenvalue weighted by Crippen LogP contribution is 2.25. The monoisotopic (exact) mass is 434 g/mol. The number of nitrogens with one attached hydrogen (secondary N) is 1. The van der Waals surface area contributed by atoms with Crippen molar-refractivity contribution in [1.82, 2.24) is 4.90 Å². The first-order valence-corrected chi connectivity index (χ1v) is 11.2. The van der Waals surface area contributed by atoms with E-state index in [0.29, 0.717) is 17.1 Å². The Balaban J connectivity index is 1.82. The van der Waals surface area contributed by atoms with Gasteiger partial charge in [0.05, 0.1) is 22.2 Å². The fraction of sp³-hybridized carbons (Fsp3) is 0.150. The number of benzene rings is 2. The van der Waals surface area contributed by atoms with Gasteiger partial charge in [0.15, 0.2) is 0 Å². The molecule has 1 amide bonds. The average molecular weight is 435 g/mol. The average Bonchev–Trinajstić information content (AvgIpc) is 3.07. The highest BCUT2D eigenvalue weighted by molar-refractivity contribution is 7.92. The van der Waals surface area contributed by atoms with Crippen LogP contribution in [0.5, 0.6) is 0 Å². The van der Waals surface area contributed by atoms with Gasteiger partial charge in [-0.25, -0.2) is 8.42 Å². The number of sulfonamides is 1. The van der Waals surface area contributed by atoms with Crippen LogP contribution in [0.15, 0.2) is 64.9 Å². The van der Waals surface area contributed by atoms with Gasteiger partial charge >= 0.3 is 0 Å². The number of hydrogen-bond donors (Lipinski definition) is 1. The number of rotatable bonds is 6. The smallest absolute Gasteiger partial charge is 0.261 e. The Labute approximate surface area is 173 Å². The van der Waals surface area contributed by atoms with E-state index in [1.165, 1.54) is 12.1 Å². The van der Waals surface area contributed by atoms with E-state index in [4.69, 9.17) is 11.6 Å². The zero-order valence-corrected chi connectivity index (χ0v) is 17.7. The van der Waals surface area contributed by atoms with Gasteiger partial charge in [0.1, 0.15) is 0 Å². The summed E-state index contributed by atoms with van der Waals surface area (Å²) >= 11 is 7.62. The highest BCUT2D eigenvalue weighted by Gasteiger charge is 2.19. The highest BCUT2D eigenvalue weighted by atomic mass is 35.5. The molecule has 1 heterocycles. The van der Waals surface area contributed by atoms with E-state index in [1.807, 2.05) is 18.4 Å². The van der Waals surface area contributed by atoms with Gasteiger partial charge in [-0.1, -0.05) is 29.8 Å². The summed E-state index contributed by atoms with van der Waals surface area (Å²) in [5, 5.41) is 2.28. The van der Waals surface area contributed by atoms with Crippen LogP contribution in [0.3, 0.4) is 0 Å². The summed E-state index contributed by atoms with van der Waals surface area (Å²) in [5.74, 6) is -0.248. The second kappa shape index (κ2) is 8.34. The van der Waals surface area contributed by atoms with Crippen LogP contribution in [0, 0.1) is 6.92 Å². The topological polar surface area (TPSA) is 66.5 Å². The van der Waals surface area contributed by atoms with Gasteiger partial charge in [0.2, 0.25) is 0 Å². The first-order valence-electron chi connectivity index (χ1n) is 8.44. The van der Waals surface area contributed by atoms with E-state index in [0.717, 1.165) is 10.4 Å². The maximum absolute atomic E-state index is 12.8. The molecule has 0 aliphatic rings. The number of thiophene rings is 1. The molecule has 0 aliphatic heterocycles. The van der Waals surface area contributed by atoms with E-state index >= 15 is 0 Å². The van der Waals surface area contributed by atoms with Crippen molar-refractivity contribution in [2.24, 2.45) is 0 Å². The molecule has 146 valence electrons. The van der Waals surface area contributed by atoms with Crippen molar-refractivity contribution < 1.29 is 13.2 Å². The minimum atomic E-state index is -3.88. The molecule has 2 aromatic carbocycles. The van der Waals surface area contributed by atoms with Crippen LogP contribution in [-0.2, 0) is 16.6 Å². The van der Waals surface area contributed by atoms with Crippen LogP contribution in [-0.4, -0.2) is 26.3 Å². The summed E-state index contributed by atoms with van der Waals surface area (Å²) in [6, 6.07) is 14.6. The number of halogens is 1. The number of aryl methyl sites for hydroxylation is 1. The van der Waals surface area contributed by atoms with Crippen molar-refractivity contribution in [1.29, 1.82) is 0 Å². The minimum absolute atomic E-state index is 0.000950. The molecule has 0 radical (unpaired) electrons. The molecule has 0 bridgehead atoms. The summed E-state index contributed by atoms with van der Waals surface area (Å²) in [4.78, 5) is 15.4. The predicted molar refractivity (Wildman–Crippen MR) is 114 cm³/mol. The van der Waals surface area contributed by atoms with Crippen molar-refractivity contribution >= 4 is 44.6 Å². The molecule has 3 rings (SSSR count). The van der Waals surface area contributed by atoms with Gasteiger partial charge in [0, 0.05) is 17.5 Å². The first kappa shape index (κ1) is 20.4. The Morgan fingerprint density at radius 3 is 2.57 bits per heavy atom. The lowest BCUT2D eigenvalue weighted by atomic mass is 10.2. The number of amides is 1. The van der Waals surface area contributed by atoms with Gasteiger partial charge in [-0.2, -0.15) is 0 Å². The SMILES string of the molecule is Cc1ccsc1CN(C)C(=O)c1cccc(S(=O)(=O)Nc2ccccc2Cl)c1. The predicted octanol–water partition coefficient (Wildman–Crippen LogP) is 4.78. The maximum atomic E-state index is 12.8. The molecule has 0 aliphatic carbocycles. The van der Waals surface area contributed by atoms with E-state index in [9.17, 15) is 13.2 Å². The summed E-state index contributed by atoms with van der Waals surface area (Å²) in [6.07, 6.45) is 0. The second-order valence-electron chi connectivity index (χ2n) is 6.30. The fourth-order valence-electron chi connectivity index (χ4n) is 2.62. The van der Waals surface area contributed by atoms with E-state index < -0.39 is 10.0 Å². The Morgan fingerprint density at radius 1 is 1.14 bits per heavy atom. The molecule has 0 saturated heterocycles. The van der Waals surface area contributed by atoms with Crippen LogP contribution in [0.1, 0.15) is 20.8 Å². The lowest BCUT2D eigenvalue weighted by molar-refractivity contribution is 0.0786. The van der Waals surface area contributed by atoms with Gasteiger partial charge in [-0.05, 0) is 54.3 Å². The van der Waals surface area contributed by atoms with Gasteiger partial charge < -0.3 is 4.90 Å². The van der Waals surface area contributed by atoms with Crippen LogP contribution in [0.25, 0.3) is 0 Å². The standard InChI is InChI=1S/C20H19ClN2O3S2/c1-14-10-11-27-19(14)13-23(2)20(24)15-6-5-7-16(12-15)28(25,26)22-18-9-4-3-8-17(18)21/h3-12,22H,13H2,1-2H3. The third kappa shape index (κ3) is 4.55. The molecule has 0 spiro atoms. The number of anilines is 1. The van der Waals surface area contributed by atoms with Crippen molar-refractivity contribution in [3.05, 3.63) is 81.0 Å². The van der Waals surface area contributed by atoms with Gasteiger partial charge in [0.25, 0.3) is 15.9 Å². The summed E-state index contributed by atoms with van der Waals surface area (Å²) in [6.45, 7) is 2.47. The molecule has 5 nitrogen and oxygen atoms in total. The Bertz CT molecular complexity index is 1110. The zero-order valence-electron chi connectivity index (χ0n) is 15.3. The van der Waals surface area contributed by atoms with Crippen LogP contribution in [0.2, 0.25) is 5.02 Å². The molecule has 8 heteroatoms. The van der Waals surface area contributed by atoms with Gasteiger partial charge in [-0.3, -0.25) is 9.52 Å². The number of nitrogens with zero attached hydrogens (tertiary/aromatic N) is 1.